The van der Waals surface area contributed by atoms with E-state index in [9.17, 15) is 18.3 Å². The Bertz CT molecular complexity index is 615. The Morgan fingerprint density at radius 2 is 2.00 bits per heavy atom. The smallest absolute Gasteiger partial charge is 0.346 e. The number of aliphatic hydroxyl groups excluding tert-OH is 1. The highest BCUT2D eigenvalue weighted by Gasteiger charge is 2.24. The summed E-state index contributed by atoms with van der Waals surface area (Å²) in [6.07, 6.45) is 2.73. The van der Waals surface area contributed by atoms with Gasteiger partial charge in [-0.05, 0) is 50.2 Å². The van der Waals surface area contributed by atoms with Gasteiger partial charge in [0.1, 0.15) is 9.09 Å². The van der Waals surface area contributed by atoms with Crippen LogP contribution < -0.4 is 4.72 Å². The number of carbonyl (C=O) groups is 1. The molecular formula is C13H19NO5S2. The van der Waals surface area contributed by atoms with Crippen LogP contribution in [-0.2, 0) is 10.0 Å². The number of aliphatic hydroxyl groups is 1. The second-order valence-electron chi connectivity index (χ2n) is 5.41. The minimum absolute atomic E-state index is 0.0354. The summed E-state index contributed by atoms with van der Waals surface area (Å²) >= 11 is 0.772. The van der Waals surface area contributed by atoms with Crippen molar-refractivity contribution < 1.29 is 23.4 Å². The van der Waals surface area contributed by atoms with E-state index in [1.807, 2.05) is 0 Å². The molecule has 118 valence electrons. The molecule has 0 bridgehead atoms. The van der Waals surface area contributed by atoms with Crippen molar-refractivity contribution in [1.82, 2.24) is 4.72 Å². The highest BCUT2D eigenvalue weighted by atomic mass is 32.2. The van der Waals surface area contributed by atoms with Gasteiger partial charge in [-0.2, -0.15) is 0 Å². The standard InChI is InChI=1S/C13H19NO5S2/c1-8-6-11(20-12(8)13(16)17)21(18,19)14-7-9-2-4-10(15)5-3-9/h6,9-10,14-15H,2-5,7H2,1H3,(H,16,17). The molecule has 0 aliphatic heterocycles. The van der Waals surface area contributed by atoms with Crippen molar-refractivity contribution in [2.45, 2.75) is 42.9 Å². The number of thiophene rings is 1. The predicted octanol–water partition coefficient (Wildman–Crippen LogP) is 1.58. The minimum atomic E-state index is -3.67. The molecule has 0 aromatic carbocycles. The van der Waals surface area contributed by atoms with Gasteiger partial charge >= 0.3 is 5.97 Å². The van der Waals surface area contributed by atoms with E-state index in [1.165, 1.54) is 6.07 Å². The van der Waals surface area contributed by atoms with Crippen LogP contribution in [0.4, 0.5) is 0 Å². The third-order valence-corrected chi connectivity index (χ3v) is 6.85. The van der Waals surface area contributed by atoms with Crippen LogP contribution in [0.1, 0.15) is 40.9 Å². The van der Waals surface area contributed by atoms with Crippen LogP contribution in [0.3, 0.4) is 0 Å². The summed E-state index contributed by atoms with van der Waals surface area (Å²) in [7, 11) is -3.67. The Morgan fingerprint density at radius 1 is 1.38 bits per heavy atom. The van der Waals surface area contributed by atoms with Crippen molar-refractivity contribution in [3.05, 3.63) is 16.5 Å². The lowest BCUT2D eigenvalue weighted by atomic mass is 9.88. The normalized spacial score (nSPS) is 23.1. The molecule has 8 heteroatoms. The van der Waals surface area contributed by atoms with Crippen molar-refractivity contribution in [2.75, 3.05) is 6.54 Å². The van der Waals surface area contributed by atoms with Crippen LogP contribution in [0.25, 0.3) is 0 Å². The molecule has 0 saturated heterocycles. The molecule has 0 spiro atoms. The van der Waals surface area contributed by atoms with Crippen molar-refractivity contribution in [1.29, 1.82) is 0 Å². The lowest BCUT2D eigenvalue weighted by molar-refractivity contribution is 0.0701. The number of aryl methyl sites for hydroxylation is 1. The average Bonchev–Trinajstić information content (AvgIpc) is 2.81. The van der Waals surface area contributed by atoms with Gasteiger partial charge in [0.2, 0.25) is 10.0 Å². The van der Waals surface area contributed by atoms with Gasteiger partial charge in [0, 0.05) is 6.54 Å². The van der Waals surface area contributed by atoms with E-state index in [0.29, 0.717) is 24.9 Å². The molecule has 0 radical (unpaired) electrons. The molecule has 1 heterocycles. The lowest BCUT2D eigenvalue weighted by Crippen LogP contribution is -2.31. The highest BCUT2D eigenvalue weighted by Crippen LogP contribution is 2.27. The molecule has 1 saturated carbocycles. The molecule has 0 amide bonds. The Labute approximate surface area is 127 Å². The molecule has 1 aromatic rings. The lowest BCUT2D eigenvalue weighted by Gasteiger charge is -2.25. The van der Waals surface area contributed by atoms with E-state index < -0.39 is 16.0 Å². The molecular weight excluding hydrogens is 314 g/mol. The van der Waals surface area contributed by atoms with E-state index in [2.05, 4.69) is 4.72 Å². The molecule has 1 aliphatic carbocycles. The molecule has 21 heavy (non-hydrogen) atoms. The summed E-state index contributed by atoms with van der Waals surface area (Å²) < 4.78 is 27.0. The number of rotatable bonds is 5. The zero-order chi connectivity index (χ0) is 15.6. The zero-order valence-electron chi connectivity index (χ0n) is 11.7. The van der Waals surface area contributed by atoms with Crippen LogP contribution >= 0.6 is 11.3 Å². The molecule has 3 N–H and O–H groups in total. The van der Waals surface area contributed by atoms with Gasteiger partial charge in [-0.25, -0.2) is 17.9 Å². The van der Waals surface area contributed by atoms with Crippen molar-refractivity contribution in [2.24, 2.45) is 5.92 Å². The first kappa shape index (κ1) is 16.4. The zero-order valence-corrected chi connectivity index (χ0v) is 13.3. The van der Waals surface area contributed by atoms with Gasteiger partial charge < -0.3 is 10.2 Å². The van der Waals surface area contributed by atoms with Gasteiger partial charge in [0.25, 0.3) is 0 Å². The van der Waals surface area contributed by atoms with Crippen LogP contribution in [0, 0.1) is 12.8 Å². The molecule has 1 fully saturated rings. The minimum Gasteiger partial charge on any atom is -0.477 e. The van der Waals surface area contributed by atoms with Crippen molar-refractivity contribution >= 4 is 27.3 Å². The van der Waals surface area contributed by atoms with E-state index >= 15 is 0 Å². The summed E-state index contributed by atoms with van der Waals surface area (Å²) in [6.45, 7) is 1.91. The van der Waals surface area contributed by atoms with Gasteiger partial charge in [-0.3, -0.25) is 0 Å². The third-order valence-electron chi connectivity index (χ3n) is 3.73. The molecule has 0 atom stereocenters. The second-order valence-corrected chi connectivity index (χ2v) is 8.46. The first-order valence-electron chi connectivity index (χ1n) is 6.81. The molecule has 6 nitrogen and oxygen atoms in total. The maximum Gasteiger partial charge on any atom is 0.346 e. The summed E-state index contributed by atoms with van der Waals surface area (Å²) in [5.74, 6) is -0.886. The summed E-state index contributed by atoms with van der Waals surface area (Å²) in [6, 6.07) is 1.39. The Balaban J connectivity index is 2.02. The summed E-state index contributed by atoms with van der Waals surface area (Å²) in [4.78, 5) is 11.0. The fraction of sp³-hybridized carbons (Fsp3) is 0.615. The number of hydrogen-bond acceptors (Lipinski definition) is 5. The highest BCUT2D eigenvalue weighted by molar-refractivity contribution is 7.91. The van der Waals surface area contributed by atoms with Gasteiger partial charge in [-0.1, -0.05) is 0 Å². The van der Waals surface area contributed by atoms with Crippen LogP contribution in [0.15, 0.2) is 10.3 Å². The van der Waals surface area contributed by atoms with Crippen LogP contribution in [0.5, 0.6) is 0 Å². The van der Waals surface area contributed by atoms with E-state index in [4.69, 9.17) is 5.11 Å². The molecule has 2 rings (SSSR count). The summed E-state index contributed by atoms with van der Waals surface area (Å²) in [5.41, 5.74) is 0.452. The van der Waals surface area contributed by atoms with Gasteiger partial charge in [0.15, 0.2) is 0 Å². The molecule has 0 unspecified atom stereocenters. The Kier molecular flexibility index (Phi) is 5.03. The first-order chi connectivity index (χ1) is 9.79. The second kappa shape index (κ2) is 6.43. The number of hydrogen-bond donors (Lipinski definition) is 3. The van der Waals surface area contributed by atoms with E-state index in [-0.39, 0.29) is 21.1 Å². The van der Waals surface area contributed by atoms with E-state index in [0.717, 1.165) is 24.2 Å². The van der Waals surface area contributed by atoms with Crippen LogP contribution in [0.2, 0.25) is 0 Å². The molecule has 1 aliphatic rings. The first-order valence-corrected chi connectivity index (χ1v) is 9.11. The fourth-order valence-corrected chi connectivity index (χ4v) is 4.98. The third kappa shape index (κ3) is 4.03. The van der Waals surface area contributed by atoms with Gasteiger partial charge in [-0.15, -0.1) is 11.3 Å². The Morgan fingerprint density at radius 3 is 2.52 bits per heavy atom. The number of nitrogens with one attached hydrogen (secondary N) is 1. The number of aromatic carboxylic acids is 1. The quantitative estimate of drug-likeness (QED) is 0.759. The monoisotopic (exact) mass is 333 g/mol. The molecule has 1 aromatic heterocycles. The topological polar surface area (TPSA) is 104 Å². The fourth-order valence-electron chi connectivity index (χ4n) is 2.45. The number of carboxylic acids is 1. The SMILES string of the molecule is Cc1cc(S(=O)(=O)NCC2CCC(O)CC2)sc1C(=O)O. The van der Waals surface area contributed by atoms with E-state index in [1.54, 1.807) is 6.92 Å². The largest absolute Gasteiger partial charge is 0.477 e. The maximum absolute atomic E-state index is 12.2. The van der Waals surface area contributed by atoms with Crippen molar-refractivity contribution in [3.63, 3.8) is 0 Å². The summed E-state index contributed by atoms with van der Waals surface area (Å²) in [5, 5.41) is 18.4. The van der Waals surface area contributed by atoms with Crippen molar-refractivity contribution in [3.8, 4) is 0 Å². The van der Waals surface area contributed by atoms with Gasteiger partial charge in [0.05, 0.1) is 6.10 Å². The number of sulfonamides is 1. The Hall–Kier alpha value is -0.960. The van der Waals surface area contributed by atoms with Crippen LogP contribution in [-0.4, -0.2) is 37.2 Å². The average molecular weight is 333 g/mol. The maximum atomic E-state index is 12.2. The number of carboxylic acid groups (broad SMARTS) is 1. The predicted molar refractivity (Wildman–Crippen MR) is 79.2 cm³/mol.